The fourth-order valence-electron chi connectivity index (χ4n) is 2.73. The van der Waals surface area contributed by atoms with E-state index < -0.39 is 11.7 Å². The van der Waals surface area contributed by atoms with Crippen LogP contribution >= 0.6 is 11.6 Å². The second kappa shape index (κ2) is 11.4. The average molecular weight is 439 g/mol. The highest BCUT2D eigenvalue weighted by atomic mass is 35.5. The van der Waals surface area contributed by atoms with Crippen LogP contribution in [0, 0.1) is 5.82 Å². The van der Waals surface area contributed by atoms with Crippen LogP contribution in [0.2, 0.25) is 5.02 Å². The number of anilines is 2. The normalized spacial score (nSPS) is 11.5. The molecule has 0 fully saturated rings. The van der Waals surface area contributed by atoms with Gasteiger partial charge in [0.05, 0.1) is 25.9 Å². The summed E-state index contributed by atoms with van der Waals surface area (Å²) >= 11 is 5.70. The van der Waals surface area contributed by atoms with Gasteiger partial charge in [-0.05, 0) is 44.2 Å². The summed E-state index contributed by atoms with van der Waals surface area (Å²) in [5.74, 6) is -0.161. The first-order valence-corrected chi connectivity index (χ1v) is 9.95. The molecule has 0 bridgehead atoms. The molecule has 162 valence electrons. The topological polar surface area (TPSA) is 81.1 Å². The third kappa shape index (κ3) is 7.20. The average Bonchev–Trinajstić information content (AvgIpc) is 2.66. The van der Waals surface area contributed by atoms with Gasteiger partial charge in [0.2, 0.25) is 0 Å². The molecule has 9 heteroatoms. The van der Waals surface area contributed by atoms with Crippen LogP contribution in [0.3, 0.4) is 0 Å². The van der Waals surface area contributed by atoms with Gasteiger partial charge in [-0.1, -0.05) is 11.6 Å². The van der Waals surface area contributed by atoms with E-state index in [1.165, 1.54) is 12.1 Å². The fraction of sp³-hybridized carbons (Fsp3) is 0.333. The minimum absolute atomic E-state index is 0.0110. The molecule has 30 heavy (non-hydrogen) atoms. The van der Waals surface area contributed by atoms with E-state index in [0.717, 1.165) is 6.07 Å². The predicted octanol–water partition coefficient (Wildman–Crippen LogP) is 2.37. The molecule has 0 aliphatic carbocycles. The summed E-state index contributed by atoms with van der Waals surface area (Å²) in [6.45, 7) is 4.74. The Morgan fingerprint density at radius 3 is 2.23 bits per heavy atom. The maximum Gasteiger partial charge on any atom is 0.279 e. The zero-order chi connectivity index (χ0) is 22.1. The number of hydrogen-bond donors (Lipinski definition) is 3. The first-order valence-electron chi connectivity index (χ1n) is 9.58. The van der Waals surface area contributed by atoms with Crippen molar-refractivity contribution in [2.45, 2.75) is 13.8 Å². The molecule has 7 nitrogen and oxygen atoms in total. The molecule has 2 amide bonds. The van der Waals surface area contributed by atoms with Crippen molar-refractivity contribution in [3.8, 4) is 11.5 Å². The summed E-state index contributed by atoms with van der Waals surface area (Å²) in [7, 11) is 1.70. The molecule has 2 aromatic rings. The summed E-state index contributed by atoms with van der Waals surface area (Å²) in [5, 5.41) is 5.50. The first kappa shape index (κ1) is 23.4. The number of halogens is 2. The summed E-state index contributed by atoms with van der Waals surface area (Å²) < 4.78 is 24.8. The van der Waals surface area contributed by atoms with E-state index in [1.807, 2.05) is 13.8 Å². The van der Waals surface area contributed by atoms with E-state index >= 15 is 0 Å². The van der Waals surface area contributed by atoms with Crippen molar-refractivity contribution in [1.29, 1.82) is 0 Å². The summed E-state index contributed by atoms with van der Waals surface area (Å²) in [6.07, 6.45) is 0. The monoisotopic (exact) mass is 438 g/mol. The highest BCUT2D eigenvalue weighted by Crippen LogP contribution is 2.30. The quantitative estimate of drug-likeness (QED) is 0.532. The number of carbonyl (C=O) groups excluding carboxylic acids is 2. The summed E-state index contributed by atoms with van der Waals surface area (Å²) in [6, 6.07) is 9.13. The van der Waals surface area contributed by atoms with E-state index in [4.69, 9.17) is 21.1 Å². The van der Waals surface area contributed by atoms with E-state index in [-0.39, 0.29) is 29.7 Å². The lowest BCUT2D eigenvalue weighted by atomic mass is 10.2. The first-order chi connectivity index (χ1) is 14.3. The molecule has 0 aliphatic heterocycles. The van der Waals surface area contributed by atoms with Crippen molar-refractivity contribution in [3.63, 3.8) is 0 Å². The zero-order valence-corrected chi connectivity index (χ0v) is 17.9. The number of amides is 2. The van der Waals surface area contributed by atoms with Crippen molar-refractivity contribution in [2.24, 2.45) is 0 Å². The molecule has 2 rings (SSSR count). The van der Waals surface area contributed by atoms with Crippen LogP contribution < -0.4 is 25.0 Å². The molecule has 0 radical (unpaired) electrons. The molecule has 1 atom stereocenters. The number of benzene rings is 2. The van der Waals surface area contributed by atoms with E-state index in [0.29, 0.717) is 35.3 Å². The number of ether oxygens (including phenoxy) is 2. The lowest BCUT2D eigenvalue weighted by Gasteiger charge is -2.15. The minimum atomic E-state index is -0.619. The van der Waals surface area contributed by atoms with Gasteiger partial charge in [-0.2, -0.15) is 0 Å². The molecule has 0 aromatic heterocycles. The Kier molecular flexibility index (Phi) is 8.89. The van der Waals surface area contributed by atoms with Gasteiger partial charge in [-0.15, -0.1) is 0 Å². The second-order valence-electron chi connectivity index (χ2n) is 6.56. The Morgan fingerprint density at radius 1 is 0.967 bits per heavy atom. The Bertz CT molecular complexity index is 895. The lowest BCUT2D eigenvalue weighted by molar-refractivity contribution is -0.862. The number of hydrogen-bond acceptors (Lipinski definition) is 4. The SMILES string of the molecule is CCOc1ccc(NC(=O)C[NH+](C)CC(=O)Nc2ccc(Cl)cc2F)cc1OCC. The van der Waals surface area contributed by atoms with E-state index in [9.17, 15) is 14.0 Å². The standard InChI is InChI=1S/C21H25ClFN3O4/c1-4-29-18-9-7-15(11-19(18)30-5-2)24-20(27)12-26(3)13-21(28)25-17-8-6-14(22)10-16(17)23/h6-11H,4-5,12-13H2,1-3H3,(H,24,27)(H,25,28)/p+1. The Balaban J connectivity index is 1.89. The van der Waals surface area contributed by atoms with Crippen molar-refractivity contribution in [2.75, 3.05) is 44.0 Å². The molecule has 1 unspecified atom stereocenters. The maximum atomic E-state index is 13.8. The number of rotatable bonds is 10. The van der Waals surface area contributed by atoms with Gasteiger partial charge in [0.15, 0.2) is 24.6 Å². The Morgan fingerprint density at radius 2 is 1.60 bits per heavy atom. The number of likely N-dealkylation sites (N-methyl/N-ethyl adjacent to an activating group) is 1. The summed E-state index contributed by atoms with van der Waals surface area (Å²) in [4.78, 5) is 25.1. The van der Waals surface area contributed by atoms with Crippen molar-refractivity contribution in [1.82, 2.24) is 0 Å². The molecule has 0 heterocycles. The van der Waals surface area contributed by atoms with Crippen LogP contribution in [0.4, 0.5) is 15.8 Å². The molecular weight excluding hydrogens is 413 g/mol. The van der Waals surface area contributed by atoms with Crippen LogP contribution in [-0.2, 0) is 9.59 Å². The Labute approximate surface area is 180 Å². The minimum Gasteiger partial charge on any atom is -0.490 e. The number of carbonyl (C=O) groups is 2. The van der Waals surface area contributed by atoms with Crippen LogP contribution in [0.25, 0.3) is 0 Å². The highest BCUT2D eigenvalue weighted by Gasteiger charge is 2.16. The molecule has 0 saturated carbocycles. The van der Waals surface area contributed by atoms with Crippen LogP contribution in [-0.4, -0.2) is 45.2 Å². The zero-order valence-electron chi connectivity index (χ0n) is 17.2. The second-order valence-corrected chi connectivity index (χ2v) is 7.00. The van der Waals surface area contributed by atoms with Crippen molar-refractivity contribution in [3.05, 3.63) is 47.2 Å². The maximum absolute atomic E-state index is 13.8. The summed E-state index contributed by atoms with van der Waals surface area (Å²) in [5.41, 5.74) is 0.604. The Hall–Kier alpha value is -2.84. The molecule has 0 aliphatic rings. The van der Waals surface area contributed by atoms with Gasteiger partial charge in [-0.3, -0.25) is 9.59 Å². The van der Waals surface area contributed by atoms with Crippen LogP contribution in [0.1, 0.15) is 13.8 Å². The number of nitrogens with one attached hydrogen (secondary N) is 3. The van der Waals surface area contributed by atoms with Gasteiger partial charge in [0.25, 0.3) is 11.8 Å². The van der Waals surface area contributed by atoms with Crippen LogP contribution in [0.5, 0.6) is 11.5 Å². The van der Waals surface area contributed by atoms with Crippen LogP contribution in [0.15, 0.2) is 36.4 Å². The molecular formula is C21H26ClFN3O4+. The van der Waals surface area contributed by atoms with Gasteiger partial charge < -0.3 is 25.0 Å². The third-order valence-corrected chi connectivity index (χ3v) is 4.19. The largest absolute Gasteiger partial charge is 0.490 e. The van der Waals surface area contributed by atoms with Crippen molar-refractivity contribution < 1.29 is 28.4 Å². The third-order valence-electron chi connectivity index (χ3n) is 3.96. The van der Waals surface area contributed by atoms with Gasteiger partial charge in [0.1, 0.15) is 5.82 Å². The fourth-order valence-corrected chi connectivity index (χ4v) is 2.89. The van der Waals surface area contributed by atoms with Crippen molar-refractivity contribution >= 4 is 34.8 Å². The van der Waals surface area contributed by atoms with E-state index in [1.54, 1.807) is 25.2 Å². The molecule has 2 aromatic carbocycles. The van der Waals surface area contributed by atoms with E-state index in [2.05, 4.69) is 10.6 Å². The van der Waals surface area contributed by atoms with Gasteiger partial charge in [0, 0.05) is 16.8 Å². The molecule has 0 spiro atoms. The number of quaternary nitrogens is 1. The molecule has 3 N–H and O–H groups in total. The lowest BCUT2D eigenvalue weighted by Crippen LogP contribution is -3.11. The van der Waals surface area contributed by atoms with Gasteiger partial charge in [-0.25, -0.2) is 4.39 Å². The highest BCUT2D eigenvalue weighted by molar-refractivity contribution is 6.30. The smallest absolute Gasteiger partial charge is 0.279 e. The predicted molar refractivity (Wildman–Crippen MR) is 114 cm³/mol. The molecule has 0 saturated heterocycles. The van der Waals surface area contributed by atoms with Gasteiger partial charge >= 0.3 is 0 Å².